The first-order valence-corrected chi connectivity index (χ1v) is 8.39. The van der Waals surface area contributed by atoms with Crippen LogP contribution in [0.4, 0.5) is 10.5 Å². The first-order valence-electron chi connectivity index (χ1n) is 8.39. The summed E-state index contributed by atoms with van der Waals surface area (Å²) in [5, 5.41) is 20.8. The SMILES string of the molecule is CCOc1ccc(N2C[C@@H](NC(=O)N(CCO)CCO)CC2=O)cc1. The second kappa shape index (κ2) is 9.24. The second-order valence-electron chi connectivity index (χ2n) is 5.72. The van der Waals surface area contributed by atoms with E-state index in [1.165, 1.54) is 4.90 Å². The molecule has 3 N–H and O–H groups in total. The van der Waals surface area contributed by atoms with Crippen molar-refractivity contribution in [3.05, 3.63) is 24.3 Å². The van der Waals surface area contributed by atoms with E-state index in [0.717, 1.165) is 11.4 Å². The lowest BCUT2D eigenvalue weighted by Gasteiger charge is -2.23. The topological polar surface area (TPSA) is 102 Å². The number of carbonyl (C=O) groups is 2. The van der Waals surface area contributed by atoms with Crippen molar-refractivity contribution in [2.75, 3.05) is 44.4 Å². The molecule has 8 heteroatoms. The van der Waals surface area contributed by atoms with Gasteiger partial charge in [0.2, 0.25) is 5.91 Å². The van der Waals surface area contributed by atoms with Crippen LogP contribution >= 0.6 is 0 Å². The number of benzene rings is 1. The summed E-state index contributed by atoms with van der Waals surface area (Å²) in [5.74, 6) is 0.678. The van der Waals surface area contributed by atoms with Crippen molar-refractivity contribution in [2.24, 2.45) is 0 Å². The van der Waals surface area contributed by atoms with Crippen molar-refractivity contribution < 1.29 is 24.5 Å². The number of carbonyl (C=O) groups excluding carboxylic acids is 2. The Labute approximate surface area is 147 Å². The molecule has 0 unspecified atom stereocenters. The highest BCUT2D eigenvalue weighted by molar-refractivity contribution is 5.96. The van der Waals surface area contributed by atoms with Crippen LogP contribution in [0.25, 0.3) is 0 Å². The van der Waals surface area contributed by atoms with Crippen LogP contribution in [0.3, 0.4) is 0 Å². The molecule has 2 rings (SSSR count). The zero-order valence-electron chi connectivity index (χ0n) is 14.4. The van der Waals surface area contributed by atoms with Gasteiger partial charge in [-0.1, -0.05) is 0 Å². The lowest BCUT2D eigenvalue weighted by molar-refractivity contribution is -0.117. The maximum absolute atomic E-state index is 12.2. The molecule has 1 aliphatic heterocycles. The quantitative estimate of drug-likeness (QED) is 0.620. The number of hydrogen-bond acceptors (Lipinski definition) is 5. The Bertz CT molecular complexity index is 572. The van der Waals surface area contributed by atoms with Gasteiger partial charge in [-0.25, -0.2) is 4.79 Å². The molecule has 0 bridgehead atoms. The summed E-state index contributed by atoms with van der Waals surface area (Å²) in [5.41, 5.74) is 0.757. The average molecular weight is 351 g/mol. The highest BCUT2D eigenvalue weighted by Gasteiger charge is 2.32. The van der Waals surface area contributed by atoms with Crippen LogP contribution in [-0.4, -0.2) is 72.5 Å². The third-order valence-electron chi connectivity index (χ3n) is 3.94. The predicted molar refractivity (Wildman–Crippen MR) is 92.6 cm³/mol. The zero-order valence-corrected chi connectivity index (χ0v) is 14.4. The smallest absolute Gasteiger partial charge is 0.317 e. The lowest BCUT2D eigenvalue weighted by Crippen LogP contribution is -2.47. The number of nitrogens with zero attached hydrogens (tertiary/aromatic N) is 2. The molecule has 1 aliphatic rings. The molecule has 1 fully saturated rings. The van der Waals surface area contributed by atoms with E-state index in [0.29, 0.717) is 13.2 Å². The molecular formula is C17H25N3O5. The molecular weight excluding hydrogens is 326 g/mol. The van der Waals surface area contributed by atoms with Gasteiger partial charge in [-0.05, 0) is 31.2 Å². The van der Waals surface area contributed by atoms with Crippen LogP contribution in [0.5, 0.6) is 5.75 Å². The molecule has 0 spiro atoms. The monoisotopic (exact) mass is 351 g/mol. The predicted octanol–water partition coefficient (Wildman–Crippen LogP) is 0.187. The van der Waals surface area contributed by atoms with Gasteiger partial charge in [0.25, 0.3) is 0 Å². The standard InChI is InChI=1S/C17H25N3O5/c1-2-25-15-5-3-14(4-6-15)20-12-13(11-16(20)23)18-17(24)19(7-9-21)8-10-22/h3-6,13,21-22H,2,7-12H2,1H3,(H,18,24)/t13-/m0/s1. The third kappa shape index (κ3) is 5.07. The van der Waals surface area contributed by atoms with Gasteiger partial charge in [0.15, 0.2) is 0 Å². The van der Waals surface area contributed by atoms with Crippen LogP contribution < -0.4 is 15.0 Å². The average Bonchev–Trinajstić information content (AvgIpc) is 2.96. The Morgan fingerprint density at radius 2 is 1.92 bits per heavy atom. The van der Waals surface area contributed by atoms with E-state index in [9.17, 15) is 9.59 Å². The van der Waals surface area contributed by atoms with Crippen LogP contribution in [0, 0.1) is 0 Å². The van der Waals surface area contributed by atoms with Gasteiger partial charge in [-0.2, -0.15) is 0 Å². The molecule has 0 aliphatic carbocycles. The normalized spacial score (nSPS) is 16.8. The van der Waals surface area contributed by atoms with Gasteiger partial charge in [0, 0.05) is 31.7 Å². The van der Waals surface area contributed by atoms with Crippen LogP contribution in [0.2, 0.25) is 0 Å². The largest absolute Gasteiger partial charge is 0.494 e. The van der Waals surface area contributed by atoms with E-state index < -0.39 is 6.03 Å². The number of amides is 3. The van der Waals surface area contributed by atoms with E-state index in [1.807, 2.05) is 31.2 Å². The summed E-state index contributed by atoms with van der Waals surface area (Å²) < 4.78 is 5.39. The van der Waals surface area contributed by atoms with Crippen molar-refractivity contribution in [1.29, 1.82) is 0 Å². The summed E-state index contributed by atoms with van der Waals surface area (Å²) in [7, 11) is 0. The lowest BCUT2D eigenvalue weighted by atomic mass is 10.2. The van der Waals surface area contributed by atoms with Crippen LogP contribution in [0.15, 0.2) is 24.3 Å². The van der Waals surface area contributed by atoms with Crippen molar-refractivity contribution in [3.63, 3.8) is 0 Å². The fourth-order valence-electron chi connectivity index (χ4n) is 2.77. The van der Waals surface area contributed by atoms with Crippen molar-refractivity contribution in [1.82, 2.24) is 10.2 Å². The zero-order chi connectivity index (χ0) is 18.2. The minimum absolute atomic E-state index is 0.0645. The highest BCUT2D eigenvalue weighted by Crippen LogP contribution is 2.24. The molecule has 138 valence electrons. The van der Waals surface area contributed by atoms with Gasteiger partial charge in [0.05, 0.1) is 25.9 Å². The summed E-state index contributed by atoms with van der Waals surface area (Å²) in [6.45, 7) is 2.76. The van der Waals surface area contributed by atoms with Crippen molar-refractivity contribution in [2.45, 2.75) is 19.4 Å². The number of nitrogens with one attached hydrogen (secondary N) is 1. The van der Waals surface area contributed by atoms with Gasteiger partial charge >= 0.3 is 6.03 Å². The Balaban J connectivity index is 1.96. The molecule has 25 heavy (non-hydrogen) atoms. The van der Waals surface area contributed by atoms with Gasteiger partial charge in [0.1, 0.15) is 5.75 Å². The Hall–Kier alpha value is -2.32. The Kier molecular flexibility index (Phi) is 7.03. The van der Waals surface area contributed by atoms with Gasteiger partial charge < -0.3 is 30.1 Å². The molecule has 1 aromatic rings. The molecule has 0 aromatic heterocycles. The van der Waals surface area contributed by atoms with E-state index in [4.69, 9.17) is 14.9 Å². The van der Waals surface area contributed by atoms with Crippen molar-refractivity contribution in [3.8, 4) is 5.75 Å². The Morgan fingerprint density at radius 1 is 1.28 bits per heavy atom. The Morgan fingerprint density at radius 3 is 2.48 bits per heavy atom. The van der Waals surface area contributed by atoms with Crippen molar-refractivity contribution >= 4 is 17.6 Å². The molecule has 3 amide bonds. The number of anilines is 1. The third-order valence-corrected chi connectivity index (χ3v) is 3.94. The molecule has 1 atom stereocenters. The maximum atomic E-state index is 12.2. The molecule has 1 heterocycles. The van der Waals surface area contributed by atoms with Crippen LogP contribution in [0.1, 0.15) is 13.3 Å². The van der Waals surface area contributed by atoms with Gasteiger partial charge in [-0.15, -0.1) is 0 Å². The number of aliphatic hydroxyl groups is 2. The minimum Gasteiger partial charge on any atom is -0.494 e. The molecule has 8 nitrogen and oxygen atoms in total. The van der Waals surface area contributed by atoms with E-state index in [1.54, 1.807) is 4.90 Å². The molecule has 1 saturated heterocycles. The summed E-state index contributed by atoms with van der Waals surface area (Å²) >= 11 is 0. The van der Waals surface area contributed by atoms with E-state index in [2.05, 4.69) is 5.32 Å². The maximum Gasteiger partial charge on any atom is 0.317 e. The van der Waals surface area contributed by atoms with Gasteiger partial charge in [-0.3, -0.25) is 4.79 Å². The first kappa shape index (κ1) is 19.0. The number of urea groups is 1. The summed E-state index contributed by atoms with van der Waals surface area (Å²) in [6.07, 6.45) is 0.213. The molecule has 0 radical (unpaired) electrons. The second-order valence-corrected chi connectivity index (χ2v) is 5.72. The number of ether oxygens (including phenoxy) is 1. The summed E-state index contributed by atoms with van der Waals surface area (Å²) in [4.78, 5) is 27.4. The van der Waals surface area contributed by atoms with E-state index in [-0.39, 0.29) is 44.7 Å². The fraction of sp³-hybridized carbons (Fsp3) is 0.529. The minimum atomic E-state index is -0.394. The first-order chi connectivity index (χ1) is 12.1. The highest BCUT2D eigenvalue weighted by atomic mass is 16.5. The summed E-state index contributed by atoms with van der Waals surface area (Å²) in [6, 6.07) is 6.54. The molecule has 1 aromatic carbocycles. The number of aliphatic hydroxyl groups excluding tert-OH is 2. The van der Waals surface area contributed by atoms with Crippen LogP contribution in [-0.2, 0) is 4.79 Å². The fourth-order valence-corrected chi connectivity index (χ4v) is 2.77. The number of hydrogen-bond donors (Lipinski definition) is 3. The van der Waals surface area contributed by atoms with E-state index >= 15 is 0 Å². The number of rotatable bonds is 8. The molecule has 0 saturated carbocycles.